The molecule has 0 bridgehead atoms. The number of carbonyl (C=O) groups is 1. The Hall–Kier alpha value is -2.42. The van der Waals surface area contributed by atoms with Crippen LogP contribution in [0.1, 0.15) is 42.1 Å². The number of aromatic amines is 1. The molecule has 0 aromatic carbocycles. The van der Waals surface area contributed by atoms with Crippen molar-refractivity contribution in [2.45, 2.75) is 36.7 Å². The van der Waals surface area contributed by atoms with Crippen molar-refractivity contribution in [2.24, 2.45) is 0 Å². The fourth-order valence-electron chi connectivity index (χ4n) is 2.76. The summed E-state index contributed by atoms with van der Waals surface area (Å²) in [4.78, 5) is 19.1. The first-order chi connectivity index (χ1) is 11.5. The number of aromatic nitrogens is 2. The van der Waals surface area contributed by atoms with E-state index in [2.05, 4.69) is 4.98 Å². The number of fused-ring (bicyclic) bond motifs is 1. The zero-order valence-electron chi connectivity index (χ0n) is 12.7. The van der Waals surface area contributed by atoms with Gasteiger partial charge in [-0.15, -0.1) is 16.5 Å². The van der Waals surface area contributed by atoms with Gasteiger partial charge >= 0.3 is 5.97 Å². The Morgan fingerprint density at radius 3 is 2.62 bits per heavy atom. The van der Waals surface area contributed by atoms with Crippen molar-refractivity contribution in [3.05, 3.63) is 23.3 Å². The minimum Gasteiger partial charge on any atom is -0.494 e. The summed E-state index contributed by atoms with van der Waals surface area (Å²) >= 11 is 1.65. The lowest BCUT2D eigenvalue weighted by molar-refractivity contribution is -0.145. The Bertz CT molecular complexity index is 734. The Balaban J connectivity index is 1.44. The lowest BCUT2D eigenvalue weighted by atomic mass is 10.1. The van der Waals surface area contributed by atoms with Gasteiger partial charge in [0.25, 0.3) is 0 Å². The first-order valence-corrected chi connectivity index (χ1v) is 8.57. The van der Waals surface area contributed by atoms with Crippen LogP contribution in [0, 0.1) is 0 Å². The van der Waals surface area contributed by atoms with Gasteiger partial charge in [-0.3, -0.25) is 4.98 Å². The van der Waals surface area contributed by atoms with Crippen LogP contribution >= 0.6 is 11.8 Å². The predicted molar refractivity (Wildman–Crippen MR) is 86.0 cm³/mol. The number of unbranched alkanes of at least 4 members (excludes halogenated alkanes) is 1. The second-order valence-corrected chi connectivity index (χ2v) is 6.76. The molecule has 0 spiro atoms. The second-order valence-electron chi connectivity index (χ2n) is 5.57. The number of rotatable bonds is 6. The average molecular weight is 354 g/mol. The van der Waals surface area contributed by atoms with Crippen molar-refractivity contribution >= 4 is 17.7 Å². The van der Waals surface area contributed by atoms with Gasteiger partial charge in [-0.1, -0.05) is 6.42 Å². The monoisotopic (exact) mass is 354 g/mol. The third-order valence-electron chi connectivity index (χ3n) is 3.94. The Morgan fingerprint density at radius 2 is 1.92 bits per heavy atom. The van der Waals surface area contributed by atoms with E-state index in [9.17, 15) is 25.2 Å². The Labute approximate surface area is 141 Å². The summed E-state index contributed by atoms with van der Waals surface area (Å²) in [6.45, 7) is 0. The summed E-state index contributed by atoms with van der Waals surface area (Å²) in [5, 5.41) is 38.3. The van der Waals surface area contributed by atoms with E-state index in [1.165, 1.54) is 12.1 Å². The molecule has 1 aliphatic rings. The largest absolute Gasteiger partial charge is 0.494 e. The Morgan fingerprint density at radius 1 is 1.21 bits per heavy atom. The van der Waals surface area contributed by atoms with E-state index in [1.807, 2.05) is 0 Å². The highest BCUT2D eigenvalue weighted by atomic mass is 32.2. The molecule has 8 nitrogen and oxygen atoms in total. The van der Waals surface area contributed by atoms with Gasteiger partial charge in [0.2, 0.25) is 11.8 Å². The molecule has 0 aliphatic carbocycles. The van der Waals surface area contributed by atoms with Crippen LogP contribution < -0.4 is 4.84 Å². The van der Waals surface area contributed by atoms with Crippen molar-refractivity contribution in [3.63, 3.8) is 0 Å². The summed E-state index contributed by atoms with van der Waals surface area (Å²) in [5.74, 6) is -0.574. The van der Waals surface area contributed by atoms with E-state index in [0.717, 1.165) is 24.0 Å². The lowest BCUT2D eigenvalue weighted by Gasteiger charge is -2.10. The van der Waals surface area contributed by atoms with E-state index in [-0.39, 0.29) is 35.2 Å². The van der Waals surface area contributed by atoms with Gasteiger partial charge in [0, 0.05) is 40.7 Å². The molecule has 1 unspecified atom stereocenters. The molecule has 3 rings (SSSR count). The summed E-state index contributed by atoms with van der Waals surface area (Å²) in [6, 6.07) is 2.44. The van der Waals surface area contributed by atoms with Crippen LogP contribution in [0.2, 0.25) is 0 Å². The van der Waals surface area contributed by atoms with Crippen LogP contribution in [-0.4, -0.2) is 36.1 Å². The van der Waals surface area contributed by atoms with Crippen LogP contribution in [0.15, 0.2) is 12.1 Å². The number of carbonyl (C=O) groups excluding carboxylic acids is 1. The summed E-state index contributed by atoms with van der Waals surface area (Å²) in [5.41, 5.74) is 1.50. The smallest absolute Gasteiger partial charge is 0.333 e. The molecule has 0 amide bonds. The van der Waals surface area contributed by atoms with Crippen molar-refractivity contribution in [3.8, 4) is 23.5 Å². The normalized spacial score (nSPS) is 16.2. The van der Waals surface area contributed by atoms with Crippen molar-refractivity contribution in [1.29, 1.82) is 0 Å². The standard InChI is InChI=1S/C15H18N2O6S/c18-10-5-6-11(19)17(10)23-12(20)4-2-1-3-9-13-8(7-24-9)14(21)16-15(13)22/h5-6,9,16,18-19,21-22H,1-4,7H2. The van der Waals surface area contributed by atoms with Gasteiger partial charge < -0.3 is 25.3 Å². The van der Waals surface area contributed by atoms with Crippen LogP contribution in [0.25, 0.3) is 0 Å². The molecule has 130 valence electrons. The van der Waals surface area contributed by atoms with Gasteiger partial charge in [0.05, 0.1) is 0 Å². The molecule has 2 aromatic rings. The summed E-state index contributed by atoms with van der Waals surface area (Å²) in [6.07, 6.45) is 2.22. The average Bonchev–Trinajstić information content (AvgIpc) is 3.17. The number of thioether (sulfide) groups is 1. The zero-order chi connectivity index (χ0) is 17.3. The molecule has 1 aliphatic heterocycles. The van der Waals surface area contributed by atoms with Crippen molar-refractivity contribution in [2.75, 3.05) is 0 Å². The predicted octanol–water partition coefficient (Wildman–Crippen LogP) is 2.14. The van der Waals surface area contributed by atoms with Crippen LogP contribution in [-0.2, 0) is 10.5 Å². The van der Waals surface area contributed by atoms with Gasteiger partial charge in [-0.25, -0.2) is 4.79 Å². The van der Waals surface area contributed by atoms with Crippen LogP contribution in [0.3, 0.4) is 0 Å². The van der Waals surface area contributed by atoms with Crippen molar-refractivity contribution < 1.29 is 30.1 Å². The van der Waals surface area contributed by atoms with Gasteiger partial charge in [0.1, 0.15) is 0 Å². The molecule has 9 heteroatoms. The number of nitrogens with one attached hydrogen (secondary N) is 1. The first kappa shape index (κ1) is 16.4. The molecular weight excluding hydrogens is 336 g/mol. The quantitative estimate of drug-likeness (QED) is 0.503. The van der Waals surface area contributed by atoms with Crippen LogP contribution in [0.5, 0.6) is 23.5 Å². The number of H-pyrrole nitrogens is 1. The molecule has 3 heterocycles. The minimum atomic E-state index is -0.557. The maximum Gasteiger partial charge on any atom is 0.333 e. The van der Waals surface area contributed by atoms with Gasteiger partial charge in [0.15, 0.2) is 11.8 Å². The maximum absolute atomic E-state index is 11.7. The van der Waals surface area contributed by atoms with Crippen LogP contribution in [0.4, 0.5) is 0 Å². The fraction of sp³-hybridized carbons (Fsp3) is 0.400. The van der Waals surface area contributed by atoms with Crippen molar-refractivity contribution in [1.82, 2.24) is 9.71 Å². The molecule has 0 saturated heterocycles. The van der Waals surface area contributed by atoms with E-state index in [4.69, 9.17) is 4.84 Å². The highest BCUT2D eigenvalue weighted by Gasteiger charge is 2.30. The molecule has 0 radical (unpaired) electrons. The number of hydrogen-bond donors (Lipinski definition) is 5. The fourth-order valence-corrected chi connectivity index (χ4v) is 4.17. The van der Waals surface area contributed by atoms with Gasteiger partial charge in [-0.2, -0.15) is 0 Å². The third kappa shape index (κ3) is 3.12. The summed E-state index contributed by atoms with van der Waals surface area (Å²) < 4.78 is 0.669. The molecule has 5 N–H and O–H groups in total. The number of hydrogen-bond acceptors (Lipinski definition) is 7. The molecular formula is C15H18N2O6S. The summed E-state index contributed by atoms with van der Waals surface area (Å²) in [7, 11) is 0. The molecule has 1 atom stereocenters. The van der Waals surface area contributed by atoms with E-state index in [0.29, 0.717) is 16.9 Å². The first-order valence-electron chi connectivity index (χ1n) is 7.52. The van der Waals surface area contributed by atoms with E-state index < -0.39 is 5.97 Å². The lowest BCUT2D eigenvalue weighted by Crippen LogP contribution is -2.18. The van der Waals surface area contributed by atoms with E-state index in [1.54, 1.807) is 11.8 Å². The Kier molecular flexibility index (Phi) is 4.52. The third-order valence-corrected chi connectivity index (χ3v) is 5.27. The highest BCUT2D eigenvalue weighted by Crippen LogP contribution is 2.51. The SMILES string of the molecule is O=C(CCCCC1SCc2c(O)[nH]c(O)c21)On1c(O)ccc1O. The minimum absolute atomic E-state index is 0.00969. The highest BCUT2D eigenvalue weighted by molar-refractivity contribution is 7.99. The zero-order valence-corrected chi connectivity index (χ0v) is 13.5. The molecule has 0 fully saturated rings. The maximum atomic E-state index is 11.7. The van der Waals surface area contributed by atoms with E-state index >= 15 is 0 Å². The van der Waals surface area contributed by atoms with Gasteiger partial charge in [-0.05, 0) is 12.8 Å². The second kappa shape index (κ2) is 6.60. The molecule has 2 aromatic heterocycles. The molecule has 24 heavy (non-hydrogen) atoms. The topological polar surface area (TPSA) is 128 Å². The number of nitrogens with zero attached hydrogens (tertiary/aromatic N) is 1. The number of aromatic hydroxyl groups is 4. The molecule has 0 saturated carbocycles.